The van der Waals surface area contributed by atoms with Crippen LogP contribution in [0.3, 0.4) is 0 Å². The van der Waals surface area contributed by atoms with E-state index in [1.807, 2.05) is 0 Å². The van der Waals surface area contributed by atoms with E-state index in [1.54, 1.807) is 17.3 Å². The van der Waals surface area contributed by atoms with Crippen LogP contribution >= 0.6 is 0 Å². The van der Waals surface area contributed by atoms with Crippen molar-refractivity contribution in [1.29, 1.82) is 5.41 Å². The fraction of sp³-hybridized carbons (Fsp3) is 0.821. The van der Waals surface area contributed by atoms with Crippen molar-refractivity contribution in [2.45, 2.75) is 89.6 Å². The summed E-state index contributed by atoms with van der Waals surface area (Å²) in [7, 11) is 0. The molecule has 36 heavy (non-hydrogen) atoms. The van der Waals surface area contributed by atoms with Gasteiger partial charge in [0.05, 0.1) is 13.1 Å². The first kappa shape index (κ1) is 25.7. The van der Waals surface area contributed by atoms with Crippen molar-refractivity contribution in [3.63, 3.8) is 0 Å². The van der Waals surface area contributed by atoms with Gasteiger partial charge in [0.25, 0.3) is 0 Å². The predicted octanol–water partition coefficient (Wildman–Crippen LogP) is 3.60. The summed E-state index contributed by atoms with van der Waals surface area (Å²) in [5.74, 6) is 1.65. The summed E-state index contributed by atoms with van der Waals surface area (Å²) in [6.07, 6.45) is 19.0. The zero-order valence-electron chi connectivity index (χ0n) is 22.1. The highest BCUT2D eigenvalue weighted by Crippen LogP contribution is 2.42. The zero-order valence-corrected chi connectivity index (χ0v) is 22.1. The Morgan fingerprint density at radius 1 is 1.08 bits per heavy atom. The van der Waals surface area contributed by atoms with Crippen molar-refractivity contribution in [1.82, 2.24) is 24.7 Å². The minimum atomic E-state index is 0.0242. The summed E-state index contributed by atoms with van der Waals surface area (Å²) in [5, 5.41) is 7.71. The van der Waals surface area contributed by atoms with Crippen LogP contribution in [0.4, 0.5) is 0 Å². The molecule has 0 aromatic carbocycles. The molecule has 0 atom stereocenters. The van der Waals surface area contributed by atoms with Crippen molar-refractivity contribution in [2.24, 2.45) is 23.0 Å². The summed E-state index contributed by atoms with van der Waals surface area (Å²) >= 11 is 0. The Morgan fingerprint density at radius 3 is 2.47 bits per heavy atom. The second-order valence-electron chi connectivity index (χ2n) is 12.3. The molecule has 8 heteroatoms. The third-order valence-electron chi connectivity index (χ3n) is 9.75. The average Bonchev–Trinajstić information content (AvgIpc) is 3.55. The lowest BCUT2D eigenvalue weighted by atomic mass is 9.77. The highest BCUT2D eigenvalue weighted by atomic mass is 16.2. The number of hydrogen-bond acceptors (Lipinski definition) is 5. The van der Waals surface area contributed by atoms with Gasteiger partial charge in [-0.15, -0.1) is 0 Å². The molecule has 5 rings (SSSR count). The molecule has 3 heterocycles. The number of rotatable bonds is 8. The van der Waals surface area contributed by atoms with Crippen molar-refractivity contribution >= 4 is 11.7 Å². The van der Waals surface area contributed by atoms with Gasteiger partial charge < -0.3 is 25.4 Å². The third kappa shape index (κ3) is 6.31. The Kier molecular flexibility index (Phi) is 8.31. The quantitative estimate of drug-likeness (QED) is 0.376. The minimum absolute atomic E-state index is 0.0242. The predicted molar refractivity (Wildman–Crippen MR) is 143 cm³/mol. The van der Waals surface area contributed by atoms with Gasteiger partial charge in [0.2, 0.25) is 5.91 Å². The fourth-order valence-electron chi connectivity index (χ4n) is 7.60. The molecule has 1 aromatic rings. The molecule has 2 aliphatic carbocycles. The number of nitrogens with two attached hydrogens (primary N) is 1. The van der Waals surface area contributed by atoms with Crippen molar-refractivity contribution < 1.29 is 4.79 Å². The fourth-order valence-corrected chi connectivity index (χ4v) is 7.60. The molecule has 1 aromatic heterocycles. The standard InChI is InChI=1S/C28H47N7O/c29-25(30)19-35(20-26-31-13-14-32-26)27(36)23-8-6-22(7-9-23)18-33-15-10-28(21-33)11-16-34(17-12-28)24-4-2-1-3-5-24/h13-14,22-24H,1-12,15-21H2,(H3,29,30)(H,31,32). The molecule has 2 saturated carbocycles. The number of imidazole rings is 1. The van der Waals surface area contributed by atoms with Gasteiger partial charge in [0.1, 0.15) is 11.7 Å². The maximum absolute atomic E-state index is 13.3. The van der Waals surface area contributed by atoms with E-state index in [1.165, 1.54) is 84.1 Å². The molecule has 1 spiro atoms. The van der Waals surface area contributed by atoms with Gasteiger partial charge in [-0.25, -0.2) is 4.98 Å². The number of piperidine rings is 1. The SMILES string of the molecule is N=C(N)CN(Cc1ncc[nH]1)C(=O)C1CCC(CN2CCC3(CCN(C4CCCCC4)CC3)C2)CC1. The number of amidine groups is 1. The summed E-state index contributed by atoms with van der Waals surface area (Å²) in [6, 6.07) is 0.872. The third-order valence-corrected chi connectivity index (χ3v) is 9.75. The van der Waals surface area contributed by atoms with Crippen LogP contribution in [0.15, 0.2) is 12.4 Å². The van der Waals surface area contributed by atoms with E-state index in [9.17, 15) is 4.79 Å². The minimum Gasteiger partial charge on any atom is -0.386 e. The molecule has 0 radical (unpaired) electrons. The van der Waals surface area contributed by atoms with E-state index in [2.05, 4.69) is 19.8 Å². The number of aromatic amines is 1. The summed E-state index contributed by atoms with van der Waals surface area (Å²) < 4.78 is 0. The van der Waals surface area contributed by atoms with Crippen LogP contribution in [0, 0.1) is 22.7 Å². The molecular formula is C28H47N7O. The molecule has 4 fully saturated rings. The topological polar surface area (TPSA) is 105 Å². The Labute approximate surface area is 216 Å². The largest absolute Gasteiger partial charge is 0.386 e. The number of H-pyrrole nitrogens is 1. The van der Waals surface area contributed by atoms with Crippen molar-refractivity contribution in [3.8, 4) is 0 Å². The van der Waals surface area contributed by atoms with E-state index < -0.39 is 0 Å². The Balaban J connectivity index is 1.06. The van der Waals surface area contributed by atoms with E-state index >= 15 is 0 Å². The van der Waals surface area contributed by atoms with Gasteiger partial charge in [-0.2, -0.15) is 0 Å². The van der Waals surface area contributed by atoms with Crippen LogP contribution in [-0.4, -0.2) is 81.7 Å². The van der Waals surface area contributed by atoms with Crippen LogP contribution in [0.2, 0.25) is 0 Å². The van der Waals surface area contributed by atoms with E-state index in [4.69, 9.17) is 11.1 Å². The molecule has 0 unspecified atom stereocenters. The van der Waals surface area contributed by atoms with Gasteiger partial charge in [0, 0.05) is 37.4 Å². The van der Waals surface area contributed by atoms with Gasteiger partial charge in [-0.05, 0) is 88.8 Å². The second kappa shape index (κ2) is 11.6. The van der Waals surface area contributed by atoms with Crippen LogP contribution in [0.1, 0.15) is 82.9 Å². The normalized spacial score (nSPS) is 27.9. The summed E-state index contributed by atoms with van der Waals surface area (Å²) in [6.45, 7) is 6.96. The van der Waals surface area contributed by atoms with Crippen LogP contribution in [0.5, 0.6) is 0 Å². The maximum Gasteiger partial charge on any atom is 0.226 e. The Hall–Kier alpha value is -1.93. The van der Waals surface area contributed by atoms with E-state index in [-0.39, 0.29) is 24.2 Å². The number of aromatic nitrogens is 2. The van der Waals surface area contributed by atoms with Gasteiger partial charge >= 0.3 is 0 Å². The Morgan fingerprint density at radius 2 is 1.81 bits per heavy atom. The molecule has 1 amide bonds. The number of carbonyl (C=O) groups excluding carboxylic acids is 1. The first-order valence-electron chi connectivity index (χ1n) is 14.6. The molecule has 8 nitrogen and oxygen atoms in total. The molecular weight excluding hydrogens is 450 g/mol. The van der Waals surface area contributed by atoms with Crippen LogP contribution in [0.25, 0.3) is 0 Å². The number of likely N-dealkylation sites (tertiary alicyclic amines) is 2. The van der Waals surface area contributed by atoms with E-state index in [0.29, 0.717) is 17.9 Å². The van der Waals surface area contributed by atoms with E-state index in [0.717, 1.165) is 37.5 Å². The number of carbonyl (C=O) groups is 1. The number of hydrogen-bond donors (Lipinski definition) is 3. The first-order chi connectivity index (χ1) is 17.5. The summed E-state index contributed by atoms with van der Waals surface area (Å²) in [4.78, 5) is 27.9. The average molecular weight is 498 g/mol. The molecule has 0 bridgehead atoms. The highest BCUT2D eigenvalue weighted by molar-refractivity contribution is 5.86. The maximum atomic E-state index is 13.3. The lowest BCUT2D eigenvalue weighted by Gasteiger charge is -2.44. The number of amides is 1. The van der Waals surface area contributed by atoms with Crippen molar-refractivity contribution in [3.05, 3.63) is 18.2 Å². The number of nitrogens with zero attached hydrogens (tertiary/aromatic N) is 4. The highest BCUT2D eigenvalue weighted by Gasteiger charge is 2.42. The smallest absolute Gasteiger partial charge is 0.226 e. The van der Waals surface area contributed by atoms with Gasteiger partial charge in [0.15, 0.2) is 0 Å². The molecule has 4 N–H and O–H groups in total. The Bertz CT molecular complexity index is 849. The second-order valence-corrected chi connectivity index (χ2v) is 12.3. The first-order valence-corrected chi connectivity index (χ1v) is 14.6. The van der Waals surface area contributed by atoms with Crippen LogP contribution < -0.4 is 5.73 Å². The number of nitrogens with one attached hydrogen (secondary N) is 2. The van der Waals surface area contributed by atoms with Crippen LogP contribution in [-0.2, 0) is 11.3 Å². The lowest BCUT2D eigenvalue weighted by molar-refractivity contribution is -0.136. The molecule has 2 aliphatic heterocycles. The van der Waals surface area contributed by atoms with Gasteiger partial charge in [-0.3, -0.25) is 10.2 Å². The zero-order chi connectivity index (χ0) is 25.0. The molecule has 4 aliphatic rings. The monoisotopic (exact) mass is 497 g/mol. The molecule has 200 valence electrons. The molecule has 2 saturated heterocycles. The van der Waals surface area contributed by atoms with Crippen molar-refractivity contribution in [2.75, 3.05) is 39.3 Å². The van der Waals surface area contributed by atoms with Gasteiger partial charge in [-0.1, -0.05) is 19.3 Å². The lowest BCUT2D eigenvalue weighted by Crippen LogP contribution is -2.47. The summed E-state index contributed by atoms with van der Waals surface area (Å²) in [5.41, 5.74) is 6.22.